The Balaban J connectivity index is 2.00. The average Bonchev–Trinajstić information content (AvgIpc) is 2.63. The highest BCUT2D eigenvalue weighted by atomic mass is 32.2. The number of sulfone groups is 1. The molecule has 164 valence electrons. The van der Waals surface area contributed by atoms with E-state index in [1.807, 2.05) is 0 Å². The molecule has 0 unspecified atom stereocenters. The van der Waals surface area contributed by atoms with Crippen LogP contribution in [0.1, 0.15) is 12.5 Å². The fraction of sp³-hybridized carbons (Fsp3) is 0.350. The maximum atomic E-state index is 12.5. The highest BCUT2D eigenvalue weighted by Crippen LogP contribution is 2.30. The van der Waals surface area contributed by atoms with Crippen LogP contribution in [0.3, 0.4) is 0 Å². The molecule has 0 saturated carbocycles. The van der Waals surface area contributed by atoms with E-state index >= 15 is 0 Å². The maximum Gasteiger partial charge on any atom is 0.387 e. The number of amides is 1. The number of carbonyl (C=O) groups excluding carboxylic acids is 1. The first kappa shape index (κ1) is 23.6. The predicted molar refractivity (Wildman–Crippen MR) is 109 cm³/mol. The van der Waals surface area contributed by atoms with Crippen LogP contribution < -0.4 is 14.8 Å². The van der Waals surface area contributed by atoms with Gasteiger partial charge in [0.15, 0.2) is 21.3 Å². The monoisotopic (exact) mass is 442 g/mol. The first-order valence-corrected chi connectivity index (χ1v) is 11.0. The van der Waals surface area contributed by atoms with Gasteiger partial charge in [-0.3, -0.25) is 9.69 Å². The van der Waals surface area contributed by atoms with Crippen molar-refractivity contribution in [2.45, 2.75) is 25.0 Å². The van der Waals surface area contributed by atoms with Gasteiger partial charge in [-0.25, -0.2) is 8.42 Å². The van der Waals surface area contributed by atoms with Crippen LogP contribution in [0.25, 0.3) is 0 Å². The third kappa shape index (κ3) is 7.27. The molecule has 0 bridgehead atoms. The Kier molecular flexibility index (Phi) is 8.13. The molecule has 0 radical (unpaired) electrons. The van der Waals surface area contributed by atoms with Crippen LogP contribution in [0.4, 0.5) is 14.5 Å². The molecule has 1 amide bonds. The highest BCUT2D eigenvalue weighted by Gasteiger charge is 2.14. The molecule has 30 heavy (non-hydrogen) atoms. The van der Waals surface area contributed by atoms with Crippen molar-refractivity contribution in [2.75, 3.05) is 31.8 Å². The number of ether oxygens (including phenoxy) is 2. The molecule has 0 saturated heterocycles. The van der Waals surface area contributed by atoms with Gasteiger partial charge in [0.2, 0.25) is 5.91 Å². The molecular formula is C20H24F2N2O5S. The first-order valence-electron chi connectivity index (χ1n) is 9.07. The zero-order valence-corrected chi connectivity index (χ0v) is 17.7. The number of halogens is 2. The van der Waals surface area contributed by atoms with Gasteiger partial charge in [0.25, 0.3) is 0 Å². The molecule has 2 aromatic rings. The molecular weight excluding hydrogens is 418 g/mol. The topological polar surface area (TPSA) is 84.9 Å². The number of carbonyl (C=O) groups is 1. The number of benzene rings is 2. The molecule has 0 fully saturated rings. The van der Waals surface area contributed by atoms with Gasteiger partial charge >= 0.3 is 6.61 Å². The minimum absolute atomic E-state index is 0.0301. The lowest BCUT2D eigenvalue weighted by atomic mass is 10.2. The molecule has 1 N–H and O–H groups in total. The van der Waals surface area contributed by atoms with Crippen molar-refractivity contribution in [3.63, 3.8) is 0 Å². The summed E-state index contributed by atoms with van der Waals surface area (Å²) in [7, 11) is -1.66. The SMILES string of the molecule is CCOc1cc(CN(C)CC(=O)Nc2cccc(S(C)(=O)=O)c2)ccc1OC(F)F. The second-order valence-electron chi connectivity index (χ2n) is 6.61. The van der Waals surface area contributed by atoms with Crippen LogP contribution in [0.15, 0.2) is 47.4 Å². The van der Waals surface area contributed by atoms with Gasteiger partial charge in [0, 0.05) is 18.5 Å². The number of hydrogen-bond acceptors (Lipinski definition) is 6. The van der Waals surface area contributed by atoms with E-state index in [0.29, 0.717) is 12.2 Å². The van der Waals surface area contributed by atoms with E-state index in [4.69, 9.17) is 4.74 Å². The summed E-state index contributed by atoms with van der Waals surface area (Å²) in [5.41, 5.74) is 1.12. The van der Waals surface area contributed by atoms with Crippen LogP contribution in [-0.2, 0) is 21.2 Å². The smallest absolute Gasteiger partial charge is 0.387 e. The molecule has 7 nitrogen and oxygen atoms in total. The lowest BCUT2D eigenvalue weighted by molar-refractivity contribution is -0.117. The maximum absolute atomic E-state index is 12.5. The van der Waals surface area contributed by atoms with Crippen LogP contribution in [0.5, 0.6) is 11.5 Å². The molecule has 2 rings (SSSR count). The van der Waals surface area contributed by atoms with Crippen LogP contribution in [0, 0.1) is 0 Å². The second kappa shape index (κ2) is 10.4. The molecule has 0 spiro atoms. The summed E-state index contributed by atoms with van der Waals surface area (Å²) in [5.74, 6) is -0.182. The van der Waals surface area contributed by atoms with E-state index in [2.05, 4.69) is 10.1 Å². The Labute approximate surface area is 174 Å². The van der Waals surface area contributed by atoms with E-state index in [1.165, 1.54) is 18.2 Å². The predicted octanol–water partition coefficient (Wildman–Crippen LogP) is 3.16. The number of nitrogens with zero attached hydrogens (tertiary/aromatic N) is 1. The minimum Gasteiger partial charge on any atom is -0.490 e. The molecule has 0 aromatic heterocycles. The lowest BCUT2D eigenvalue weighted by Gasteiger charge is -2.18. The largest absolute Gasteiger partial charge is 0.490 e. The Hall–Kier alpha value is -2.72. The Morgan fingerprint density at radius 3 is 2.53 bits per heavy atom. The molecule has 10 heteroatoms. The van der Waals surface area contributed by atoms with E-state index in [-0.39, 0.29) is 35.5 Å². The summed E-state index contributed by atoms with van der Waals surface area (Å²) in [4.78, 5) is 14.1. The molecule has 0 atom stereocenters. The number of rotatable bonds is 10. The standard InChI is InChI=1S/C20H24F2N2O5S/c1-4-28-18-10-14(8-9-17(18)29-20(21)22)12-24(2)13-19(25)23-15-6-5-7-16(11-15)30(3,26)27/h5-11,20H,4,12-13H2,1-3H3,(H,23,25). The summed E-state index contributed by atoms with van der Waals surface area (Å²) >= 11 is 0. The van der Waals surface area contributed by atoms with Crippen molar-refractivity contribution < 1.29 is 31.5 Å². The van der Waals surface area contributed by atoms with E-state index in [0.717, 1.165) is 11.8 Å². The van der Waals surface area contributed by atoms with E-state index in [1.54, 1.807) is 43.1 Å². The first-order chi connectivity index (χ1) is 14.1. The zero-order valence-electron chi connectivity index (χ0n) is 16.9. The van der Waals surface area contributed by atoms with Gasteiger partial charge < -0.3 is 14.8 Å². The van der Waals surface area contributed by atoms with Crippen molar-refractivity contribution in [1.82, 2.24) is 4.90 Å². The molecule has 0 aliphatic rings. The summed E-state index contributed by atoms with van der Waals surface area (Å²) in [6, 6.07) is 10.6. The number of hydrogen-bond donors (Lipinski definition) is 1. The summed E-state index contributed by atoms with van der Waals surface area (Å²) in [6.07, 6.45) is 1.09. The second-order valence-corrected chi connectivity index (χ2v) is 8.63. The van der Waals surface area contributed by atoms with Gasteiger partial charge in [0.1, 0.15) is 0 Å². The van der Waals surface area contributed by atoms with Gasteiger partial charge in [-0.2, -0.15) is 8.78 Å². The van der Waals surface area contributed by atoms with Gasteiger partial charge in [-0.1, -0.05) is 12.1 Å². The highest BCUT2D eigenvalue weighted by molar-refractivity contribution is 7.90. The molecule has 0 aliphatic heterocycles. The lowest BCUT2D eigenvalue weighted by Crippen LogP contribution is -2.29. The number of nitrogens with one attached hydrogen (secondary N) is 1. The van der Waals surface area contributed by atoms with Crippen molar-refractivity contribution >= 4 is 21.4 Å². The fourth-order valence-corrected chi connectivity index (χ4v) is 3.40. The van der Waals surface area contributed by atoms with E-state index in [9.17, 15) is 22.0 Å². The minimum atomic E-state index is -3.38. The number of anilines is 1. The molecule has 2 aromatic carbocycles. The van der Waals surface area contributed by atoms with Crippen molar-refractivity contribution in [1.29, 1.82) is 0 Å². The average molecular weight is 442 g/mol. The van der Waals surface area contributed by atoms with Gasteiger partial charge in [-0.05, 0) is 49.9 Å². The number of alkyl halides is 2. The van der Waals surface area contributed by atoms with Crippen LogP contribution in [-0.4, -0.2) is 52.3 Å². The van der Waals surface area contributed by atoms with Crippen molar-refractivity contribution in [3.8, 4) is 11.5 Å². The van der Waals surface area contributed by atoms with Gasteiger partial charge in [0.05, 0.1) is 18.0 Å². The Morgan fingerprint density at radius 1 is 1.17 bits per heavy atom. The fourth-order valence-electron chi connectivity index (χ4n) is 2.73. The summed E-state index contributed by atoms with van der Waals surface area (Å²) in [5, 5.41) is 2.66. The third-order valence-electron chi connectivity index (χ3n) is 3.94. The van der Waals surface area contributed by atoms with E-state index < -0.39 is 16.4 Å². The van der Waals surface area contributed by atoms with Crippen molar-refractivity contribution in [3.05, 3.63) is 48.0 Å². The quantitative estimate of drug-likeness (QED) is 0.609. The van der Waals surface area contributed by atoms with Gasteiger partial charge in [-0.15, -0.1) is 0 Å². The number of likely N-dealkylation sites (N-methyl/N-ethyl adjacent to an activating group) is 1. The Bertz CT molecular complexity index is 983. The molecule has 0 aliphatic carbocycles. The molecule has 0 heterocycles. The van der Waals surface area contributed by atoms with Crippen LogP contribution in [0.2, 0.25) is 0 Å². The summed E-state index contributed by atoms with van der Waals surface area (Å²) < 4.78 is 58.1. The van der Waals surface area contributed by atoms with Crippen LogP contribution >= 0.6 is 0 Å². The third-order valence-corrected chi connectivity index (χ3v) is 5.05. The summed E-state index contributed by atoms with van der Waals surface area (Å²) in [6.45, 7) is -0.557. The Morgan fingerprint density at radius 2 is 1.90 bits per heavy atom. The van der Waals surface area contributed by atoms with Crippen molar-refractivity contribution in [2.24, 2.45) is 0 Å². The zero-order chi connectivity index (χ0) is 22.3. The normalized spacial score (nSPS) is 11.6.